The summed E-state index contributed by atoms with van der Waals surface area (Å²) in [7, 11) is 0. The summed E-state index contributed by atoms with van der Waals surface area (Å²) in [6.45, 7) is 6.39. The lowest BCUT2D eigenvalue weighted by molar-refractivity contribution is -0.0650. The van der Waals surface area contributed by atoms with Crippen molar-refractivity contribution in [3.63, 3.8) is 0 Å². The van der Waals surface area contributed by atoms with Crippen molar-refractivity contribution < 1.29 is 19.7 Å². The number of thioether (sulfide) groups is 1. The van der Waals surface area contributed by atoms with Crippen molar-refractivity contribution in [2.45, 2.75) is 43.0 Å². The molecule has 0 aliphatic carbocycles. The number of nitrogen functional groups attached to an aromatic ring is 1. The van der Waals surface area contributed by atoms with Crippen LogP contribution in [-0.4, -0.2) is 67.5 Å². The van der Waals surface area contributed by atoms with E-state index in [2.05, 4.69) is 21.5 Å². The Labute approximate surface area is 155 Å². The molecule has 1 aliphatic rings. The van der Waals surface area contributed by atoms with Gasteiger partial charge in [-0.2, -0.15) is 0 Å². The maximum atomic E-state index is 10.4. The maximum absolute atomic E-state index is 10.4. The van der Waals surface area contributed by atoms with Crippen molar-refractivity contribution in [2.75, 3.05) is 25.2 Å². The van der Waals surface area contributed by atoms with Gasteiger partial charge in [0.15, 0.2) is 22.8 Å². The van der Waals surface area contributed by atoms with Crippen molar-refractivity contribution in [3.8, 4) is 0 Å². The average Bonchev–Trinajstić information content (AvgIpc) is 3.14. The molecular weight excluding hydrogens is 358 g/mol. The molecule has 1 saturated heterocycles. The summed E-state index contributed by atoms with van der Waals surface area (Å²) in [4.78, 5) is 12.8. The standard InChI is InChI=1S/C16H23N5O4S/c1-8(2)4-5-24-6-9-11(22)12(23)15(25-9)21-7-18-10-13(17)19-16(26-3)20-14(10)21/h7,9,11-12,15,22-23H,1,4-6H2,2-3H3,(H2,17,19,20)/t9-,11-,12-,15-/m1/s1. The van der Waals surface area contributed by atoms with Crippen LogP contribution < -0.4 is 5.73 Å². The number of aromatic nitrogens is 4. The van der Waals surface area contributed by atoms with E-state index in [1.807, 2.05) is 13.2 Å². The predicted octanol–water partition coefficient (Wildman–Crippen LogP) is 0.732. The molecule has 0 unspecified atom stereocenters. The van der Waals surface area contributed by atoms with Crippen LogP contribution in [0.25, 0.3) is 11.2 Å². The van der Waals surface area contributed by atoms with E-state index in [1.165, 1.54) is 18.1 Å². The summed E-state index contributed by atoms with van der Waals surface area (Å²) in [6, 6.07) is 0. The Morgan fingerprint density at radius 2 is 2.19 bits per heavy atom. The van der Waals surface area contributed by atoms with Crippen LogP contribution in [-0.2, 0) is 9.47 Å². The monoisotopic (exact) mass is 381 g/mol. The SMILES string of the molecule is C=C(C)CCOC[C@H]1O[C@@H](n2cnc3c(N)nc(SC)nc32)[C@H](O)[C@@H]1O. The number of fused-ring (bicyclic) bond motifs is 1. The van der Waals surface area contributed by atoms with Gasteiger partial charge in [-0.1, -0.05) is 17.3 Å². The van der Waals surface area contributed by atoms with Crippen LogP contribution in [0.3, 0.4) is 0 Å². The number of aliphatic hydroxyl groups is 2. The molecule has 4 atom stereocenters. The number of nitrogens with two attached hydrogens (primary N) is 1. The number of imidazole rings is 1. The Balaban J connectivity index is 1.78. The van der Waals surface area contributed by atoms with Gasteiger partial charge < -0.3 is 25.4 Å². The Morgan fingerprint density at radius 3 is 2.88 bits per heavy atom. The van der Waals surface area contributed by atoms with Crippen molar-refractivity contribution >= 4 is 28.7 Å². The molecule has 4 N–H and O–H groups in total. The Hall–Kier alpha value is -1.72. The first-order valence-electron chi connectivity index (χ1n) is 8.20. The number of anilines is 1. The largest absolute Gasteiger partial charge is 0.387 e. The molecule has 3 rings (SSSR count). The first-order valence-corrected chi connectivity index (χ1v) is 9.42. The van der Waals surface area contributed by atoms with Gasteiger partial charge in [0.1, 0.15) is 23.8 Å². The maximum Gasteiger partial charge on any atom is 0.191 e. The van der Waals surface area contributed by atoms with Gasteiger partial charge in [-0.25, -0.2) is 15.0 Å². The number of nitrogens with zero attached hydrogens (tertiary/aromatic N) is 4. The minimum absolute atomic E-state index is 0.168. The van der Waals surface area contributed by atoms with Gasteiger partial charge in [0, 0.05) is 0 Å². The molecule has 2 aromatic rings. The third kappa shape index (κ3) is 3.69. The molecular formula is C16H23N5O4S. The Morgan fingerprint density at radius 1 is 1.42 bits per heavy atom. The van der Waals surface area contributed by atoms with Crippen LogP contribution >= 0.6 is 11.8 Å². The van der Waals surface area contributed by atoms with Crippen LogP contribution in [0.15, 0.2) is 23.6 Å². The first-order chi connectivity index (χ1) is 12.4. The molecule has 0 saturated carbocycles. The van der Waals surface area contributed by atoms with Gasteiger partial charge >= 0.3 is 0 Å². The van der Waals surface area contributed by atoms with E-state index in [4.69, 9.17) is 15.2 Å². The normalized spacial score (nSPS) is 25.8. The van der Waals surface area contributed by atoms with E-state index < -0.39 is 24.5 Å². The summed E-state index contributed by atoms with van der Waals surface area (Å²) in [5.41, 5.74) is 7.81. The van der Waals surface area contributed by atoms with Crippen molar-refractivity contribution in [1.29, 1.82) is 0 Å². The van der Waals surface area contributed by atoms with Gasteiger partial charge in [-0.3, -0.25) is 4.57 Å². The quantitative estimate of drug-likeness (QED) is 0.275. The molecule has 1 fully saturated rings. The fourth-order valence-electron chi connectivity index (χ4n) is 2.74. The Kier molecular flexibility index (Phi) is 5.78. The topological polar surface area (TPSA) is 129 Å². The van der Waals surface area contributed by atoms with Crippen molar-refractivity contribution in [1.82, 2.24) is 19.5 Å². The molecule has 9 nitrogen and oxygen atoms in total. The number of ether oxygens (including phenoxy) is 2. The lowest BCUT2D eigenvalue weighted by Crippen LogP contribution is -2.34. The third-order valence-electron chi connectivity index (χ3n) is 4.18. The van der Waals surface area contributed by atoms with Gasteiger partial charge in [0.2, 0.25) is 0 Å². The van der Waals surface area contributed by atoms with E-state index in [-0.39, 0.29) is 12.4 Å². The highest BCUT2D eigenvalue weighted by molar-refractivity contribution is 7.98. The summed E-state index contributed by atoms with van der Waals surface area (Å²) in [5, 5.41) is 21.2. The van der Waals surface area contributed by atoms with E-state index in [1.54, 1.807) is 4.57 Å². The predicted molar refractivity (Wildman–Crippen MR) is 97.7 cm³/mol. The van der Waals surface area contributed by atoms with Crippen LogP contribution in [0.4, 0.5) is 5.82 Å². The van der Waals surface area contributed by atoms with Crippen molar-refractivity contribution in [2.24, 2.45) is 0 Å². The molecule has 3 heterocycles. The molecule has 0 bridgehead atoms. The highest BCUT2D eigenvalue weighted by Gasteiger charge is 2.44. The first kappa shape index (κ1) is 19.1. The van der Waals surface area contributed by atoms with Crippen LogP contribution in [0.1, 0.15) is 19.6 Å². The second kappa shape index (κ2) is 7.89. The minimum Gasteiger partial charge on any atom is -0.387 e. The highest BCUT2D eigenvalue weighted by atomic mass is 32.2. The molecule has 0 spiro atoms. The fraction of sp³-hybridized carbons (Fsp3) is 0.562. The average molecular weight is 381 g/mol. The van der Waals surface area contributed by atoms with Crippen LogP contribution in [0.5, 0.6) is 0 Å². The second-order valence-electron chi connectivity index (χ2n) is 6.25. The number of aliphatic hydroxyl groups excluding tert-OH is 2. The molecule has 2 aromatic heterocycles. The molecule has 0 aromatic carbocycles. The van der Waals surface area contributed by atoms with Crippen LogP contribution in [0.2, 0.25) is 0 Å². The summed E-state index contributed by atoms with van der Waals surface area (Å²) < 4.78 is 12.9. The minimum atomic E-state index is -1.14. The van der Waals surface area contributed by atoms with Gasteiger partial charge in [-0.05, 0) is 19.6 Å². The zero-order chi connectivity index (χ0) is 18.8. The Bertz CT molecular complexity index is 798. The third-order valence-corrected chi connectivity index (χ3v) is 4.72. The summed E-state index contributed by atoms with van der Waals surface area (Å²) >= 11 is 1.35. The summed E-state index contributed by atoms with van der Waals surface area (Å²) in [6.07, 6.45) is 0.326. The molecule has 142 valence electrons. The van der Waals surface area contributed by atoms with Crippen LogP contribution in [0, 0.1) is 0 Å². The van der Waals surface area contributed by atoms with Crippen molar-refractivity contribution in [3.05, 3.63) is 18.5 Å². The highest BCUT2D eigenvalue weighted by Crippen LogP contribution is 2.32. The smallest absolute Gasteiger partial charge is 0.191 e. The van der Waals surface area contributed by atoms with E-state index in [9.17, 15) is 10.2 Å². The molecule has 26 heavy (non-hydrogen) atoms. The lowest BCUT2D eigenvalue weighted by atomic mass is 10.1. The zero-order valence-corrected chi connectivity index (χ0v) is 15.5. The number of rotatable bonds is 7. The zero-order valence-electron chi connectivity index (χ0n) is 14.7. The van der Waals surface area contributed by atoms with Gasteiger partial charge in [0.05, 0.1) is 19.5 Å². The second-order valence-corrected chi connectivity index (χ2v) is 7.02. The molecule has 0 radical (unpaired) electrons. The fourth-order valence-corrected chi connectivity index (χ4v) is 3.11. The van der Waals surface area contributed by atoms with Gasteiger partial charge in [0.25, 0.3) is 0 Å². The number of hydrogen-bond acceptors (Lipinski definition) is 9. The molecule has 0 amide bonds. The number of hydrogen-bond donors (Lipinski definition) is 3. The summed E-state index contributed by atoms with van der Waals surface area (Å²) in [5.74, 6) is 0.255. The van der Waals surface area contributed by atoms with E-state index >= 15 is 0 Å². The lowest BCUT2D eigenvalue weighted by Gasteiger charge is -2.16. The van der Waals surface area contributed by atoms with E-state index in [0.717, 1.165) is 12.0 Å². The molecule has 1 aliphatic heterocycles. The van der Waals surface area contributed by atoms with Gasteiger partial charge in [-0.15, -0.1) is 6.58 Å². The molecule has 10 heteroatoms. The van der Waals surface area contributed by atoms with E-state index in [0.29, 0.717) is 22.9 Å².